The molecule has 0 bridgehead atoms. The predicted octanol–water partition coefficient (Wildman–Crippen LogP) is 3.17. The van der Waals surface area contributed by atoms with Crippen LogP contribution in [0.5, 0.6) is 0 Å². The Morgan fingerprint density at radius 1 is 0.722 bits per heavy atom. The van der Waals surface area contributed by atoms with Crippen molar-refractivity contribution in [3.8, 4) is 0 Å². The molecule has 4 rings (SSSR count). The third-order valence-corrected chi connectivity index (χ3v) is 11.0. The number of methoxy groups -OCH3 is 1. The van der Waals surface area contributed by atoms with E-state index in [-0.39, 0.29) is 29.6 Å². The summed E-state index contributed by atoms with van der Waals surface area (Å²) in [4.78, 5) is 33.1. The fraction of sp³-hybridized carbons (Fsp3) is 0.800. The van der Waals surface area contributed by atoms with Gasteiger partial charge in [-0.05, 0) is 64.1 Å². The number of urea groups is 1. The zero-order valence-corrected chi connectivity index (χ0v) is 33.3. The molecule has 0 aromatic heterocycles. The second-order valence-electron chi connectivity index (χ2n) is 14.7. The molecular weight excluding hydrogens is 696 g/mol. The van der Waals surface area contributed by atoms with E-state index in [2.05, 4.69) is 59.5 Å². The molecule has 2 aliphatic carbocycles. The third kappa shape index (κ3) is 14.3. The summed E-state index contributed by atoms with van der Waals surface area (Å²) in [5, 5.41) is 2.94. The van der Waals surface area contributed by atoms with Crippen molar-refractivity contribution < 1.29 is 47.5 Å². The Balaban J connectivity index is 0.996. The summed E-state index contributed by atoms with van der Waals surface area (Å²) >= 11 is 0. The number of carbonyl (C=O) groups excluding carboxylic acids is 2. The van der Waals surface area contributed by atoms with Gasteiger partial charge in [0.15, 0.2) is 0 Å². The number of nitrogens with one attached hydrogen (secondary N) is 1. The minimum Gasteiger partial charge on any atom is -0.382 e. The Morgan fingerprint density at radius 3 is 1.65 bits per heavy atom. The van der Waals surface area contributed by atoms with Crippen molar-refractivity contribution in [2.75, 3.05) is 146 Å². The highest BCUT2D eigenvalue weighted by Gasteiger charge is 2.55. The van der Waals surface area contributed by atoms with Gasteiger partial charge in [0, 0.05) is 32.3 Å². The van der Waals surface area contributed by atoms with E-state index in [0.717, 1.165) is 32.2 Å². The minimum absolute atomic E-state index is 0.0124. The molecule has 0 unspecified atom stereocenters. The summed E-state index contributed by atoms with van der Waals surface area (Å²) in [6.07, 6.45) is 7.41. The molecule has 1 saturated heterocycles. The van der Waals surface area contributed by atoms with Crippen LogP contribution in [0.3, 0.4) is 0 Å². The van der Waals surface area contributed by atoms with Crippen molar-refractivity contribution in [3.05, 3.63) is 35.9 Å². The van der Waals surface area contributed by atoms with Crippen molar-refractivity contribution in [2.24, 2.45) is 5.92 Å². The summed E-state index contributed by atoms with van der Waals surface area (Å²) in [5.74, 6) is 0.417. The van der Waals surface area contributed by atoms with E-state index in [1.807, 2.05) is 0 Å². The second kappa shape index (κ2) is 25.0. The second-order valence-corrected chi connectivity index (χ2v) is 14.7. The predicted molar refractivity (Wildman–Crippen MR) is 205 cm³/mol. The Labute approximate surface area is 323 Å². The molecule has 3 fully saturated rings. The normalized spacial score (nSPS) is 21.7. The van der Waals surface area contributed by atoms with E-state index in [0.29, 0.717) is 118 Å². The van der Waals surface area contributed by atoms with Gasteiger partial charge in [-0.3, -0.25) is 9.69 Å². The first kappa shape index (κ1) is 44.3. The van der Waals surface area contributed by atoms with Crippen LogP contribution in [-0.4, -0.2) is 179 Å². The quantitative estimate of drug-likeness (QED) is 0.116. The standard InChI is InChI=1S/C40H68N4O10/c1-42(2)40(36-10-5-4-6-11-36)14-12-39(13-15-40)34-43(38(46)44(39)32-35-8-7-9-35)33-37(45)41-16-17-48-20-21-50-24-25-52-28-29-54-31-30-53-27-26-51-23-22-49-19-18-47-3/h4-6,10-11,35H,7-9,12-34H2,1-3H3,(H,41,45)/t39-,40+. The summed E-state index contributed by atoms with van der Waals surface area (Å²) in [7, 11) is 5.98. The van der Waals surface area contributed by atoms with Gasteiger partial charge < -0.3 is 53.0 Å². The number of hydrogen-bond acceptors (Lipinski definition) is 11. The third-order valence-electron chi connectivity index (χ3n) is 11.0. The molecule has 2 saturated carbocycles. The Kier molecular flexibility index (Phi) is 20.5. The van der Waals surface area contributed by atoms with Crippen molar-refractivity contribution in [2.45, 2.75) is 56.0 Å². The van der Waals surface area contributed by atoms with Crippen LogP contribution in [0.1, 0.15) is 50.5 Å². The lowest BCUT2D eigenvalue weighted by atomic mass is 9.68. The van der Waals surface area contributed by atoms with Crippen LogP contribution >= 0.6 is 0 Å². The molecule has 3 amide bonds. The van der Waals surface area contributed by atoms with Gasteiger partial charge in [0.25, 0.3) is 0 Å². The van der Waals surface area contributed by atoms with E-state index < -0.39 is 0 Å². The molecule has 1 aromatic rings. The zero-order valence-electron chi connectivity index (χ0n) is 33.3. The van der Waals surface area contributed by atoms with Gasteiger partial charge in [0.2, 0.25) is 5.91 Å². The topological polar surface area (TPSA) is 130 Å². The highest BCUT2D eigenvalue weighted by atomic mass is 16.6. The van der Waals surface area contributed by atoms with Gasteiger partial charge >= 0.3 is 6.03 Å². The summed E-state index contributed by atoms with van der Waals surface area (Å²) in [6.45, 7) is 9.31. The largest absolute Gasteiger partial charge is 0.382 e. The van der Waals surface area contributed by atoms with Crippen LogP contribution in [0.2, 0.25) is 0 Å². The van der Waals surface area contributed by atoms with E-state index in [9.17, 15) is 9.59 Å². The van der Waals surface area contributed by atoms with E-state index in [1.165, 1.54) is 24.8 Å². The van der Waals surface area contributed by atoms with Crippen LogP contribution < -0.4 is 5.32 Å². The number of carbonyl (C=O) groups is 2. The number of nitrogens with zero attached hydrogens (tertiary/aromatic N) is 3. The van der Waals surface area contributed by atoms with Crippen molar-refractivity contribution in [3.63, 3.8) is 0 Å². The summed E-state index contributed by atoms with van der Waals surface area (Å²) < 4.78 is 43.3. The Morgan fingerprint density at radius 2 is 1.20 bits per heavy atom. The van der Waals surface area contributed by atoms with Crippen molar-refractivity contribution in [1.29, 1.82) is 0 Å². The fourth-order valence-electron chi connectivity index (χ4n) is 7.57. The maximum atomic E-state index is 13.8. The average Bonchev–Trinajstić information content (AvgIpc) is 3.40. The number of ether oxygens (including phenoxy) is 8. The maximum absolute atomic E-state index is 13.8. The lowest BCUT2D eigenvalue weighted by Gasteiger charge is -2.51. The first-order valence-corrected chi connectivity index (χ1v) is 20.0. The maximum Gasteiger partial charge on any atom is 0.321 e. The summed E-state index contributed by atoms with van der Waals surface area (Å²) in [6, 6.07) is 10.8. The summed E-state index contributed by atoms with van der Waals surface area (Å²) in [5.41, 5.74) is 1.06. The Bertz CT molecular complexity index is 1170. The molecule has 14 nitrogen and oxygen atoms in total. The molecule has 1 aromatic carbocycles. The molecule has 308 valence electrons. The lowest BCUT2D eigenvalue weighted by molar-refractivity contribution is -0.121. The monoisotopic (exact) mass is 764 g/mol. The van der Waals surface area contributed by atoms with E-state index in [1.54, 1.807) is 12.0 Å². The van der Waals surface area contributed by atoms with Crippen LogP contribution in [0.25, 0.3) is 0 Å². The first-order valence-electron chi connectivity index (χ1n) is 20.0. The van der Waals surface area contributed by atoms with Crippen molar-refractivity contribution in [1.82, 2.24) is 20.0 Å². The molecule has 0 atom stereocenters. The number of amides is 3. The smallest absolute Gasteiger partial charge is 0.321 e. The first-order chi connectivity index (χ1) is 26.4. The van der Waals surface area contributed by atoms with E-state index in [4.69, 9.17) is 37.9 Å². The van der Waals surface area contributed by atoms with Gasteiger partial charge in [-0.1, -0.05) is 36.8 Å². The molecule has 1 aliphatic heterocycles. The van der Waals surface area contributed by atoms with Gasteiger partial charge in [-0.15, -0.1) is 0 Å². The van der Waals surface area contributed by atoms with Crippen LogP contribution in [0.4, 0.5) is 4.79 Å². The van der Waals surface area contributed by atoms with Crippen LogP contribution in [-0.2, 0) is 48.2 Å². The molecule has 1 N–H and O–H groups in total. The molecule has 1 heterocycles. The SMILES string of the molecule is COCCOCCOCCOCCOCCOCCOCCOCCNC(=O)CN1C[C@]2(CC[C@](c3ccccc3)(N(C)C)CC2)N(CC2CCC2)C1=O. The number of benzene rings is 1. The zero-order chi connectivity index (χ0) is 38.3. The molecule has 0 radical (unpaired) electrons. The lowest BCUT2D eigenvalue weighted by Crippen LogP contribution is -2.56. The molecule has 3 aliphatic rings. The highest BCUT2D eigenvalue weighted by molar-refractivity contribution is 5.86. The van der Waals surface area contributed by atoms with Gasteiger partial charge in [-0.25, -0.2) is 4.79 Å². The van der Waals surface area contributed by atoms with Gasteiger partial charge in [-0.2, -0.15) is 0 Å². The minimum atomic E-state index is -0.226. The molecular formula is C40H68N4O10. The van der Waals surface area contributed by atoms with Crippen LogP contribution in [0.15, 0.2) is 30.3 Å². The molecule has 14 heteroatoms. The molecule has 54 heavy (non-hydrogen) atoms. The van der Waals surface area contributed by atoms with Crippen LogP contribution in [0, 0.1) is 5.92 Å². The number of rotatable bonds is 30. The van der Waals surface area contributed by atoms with E-state index >= 15 is 0 Å². The highest BCUT2D eigenvalue weighted by Crippen LogP contribution is 2.49. The van der Waals surface area contributed by atoms with Crippen molar-refractivity contribution >= 4 is 11.9 Å². The van der Waals surface area contributed by atoms with Gasteiger partial charge in [0.05, 0.1) is 105 Å². The molecule has 1 spiro atoms. The Hall–Kier alpha value is -2.40. The number of hydrogen-bond donors (Lipinski definition) is 1. The average molecular weight is 765 g/mol. The van der Waals surface area contributed by atoms with Gasteiger partial charge in [0.1, 0.15) is 6.54 Å². The fourth-order valence-corrected chi connectivity index (χ4v) is 7.57.